The number of carboxylic acids is 1. The highest BCUT2D eigenvalue weighted by Crippen LogP contribution is 2.25. The highest BCUT2D eigenvalue weighted by Gasteiger charge is 2.34. The zero-order chi connectivity index (χ0) is 20.1. The topological polar surface area (TPSA) is 90.0 Å². The summed E-state index contributed by atoms with van der Waals surface area (Å²) >= 11 is 0. The highest BCUT2D eigenvalue weighted by molar-refractivity contribution is 5.82. The Morgan fingerprint density at radius 1 is 1.04 bits per heavy atom. The lowest BCUT2D eigenvalue weighted by atomic mass is 9.92. The van der Waals surface area contributed by atoms with E-state index in [2.05, 4.69) is 5.32 Å². The molecule has 0 bridgehead atoms. The van der Waals surface area contributed by atoms with Gasteiger partial charge in [0, 0.05) is 26.2 Å². The van der Waals surface area contributed by atoms with Gasteiger partial charge in [0.05, 0.1) is 17.9 Å². The molecule has 3 atom stereocenters. The van der Waals surface area contributed by atoms with Crippen LogP contribution in [-0.4, -0.2) is 59.0 Å². The van der Waals surface area contributed by atoms with Gasteiger partial charge < -0.3 is 20.2 Å². The van der Waals surface area contributed by atoms with Crippen molar-refractivity contribution in [3.63, 3.8) is 0 Å². The summed E-state index contributed by atoms with van der Waals surface area (Å²) in [6.07, 6.45) is 3.56. The second-order valence-corrected chi connectivity index (χ2v) is 7.79. The van der Waals surface area contributed by atoms with Gasteiger partial charge in [-0.05, 0) is 38.2 Å². The zero-order valence-electron chi connectivity index (χ0n) is 16.3. The van der Waals surface area contributed by atoms with Crippen molar-refractivity contribution in [2.75, 3.05) is 26.2 Å². The summed E-state index contributed by atoms with van der Waals surface area (Å²) in [6, 6.07) is 8.60. The highest BCUT2D eigenvalue weighted by atomic mass is 16.4. The normalized spacial score (nSPS) is 21.8. The Hall–Kier alpha value is -2.57. The summed E-state index contributed by atoms with van der Waals surface area (Å²) in [5.74, 6) is -2.20. The number of carbonyl (C=O) groups excluding carboxylic acids is 2. The molecule has 3 amide bonds. The number of carboxylic acid groups (broad SMARTS) is 1. The van der Waals surface area contributed by atoms with Gasteiger partial charge in [-0.25, -0.2) is 4.79 Å². The van der Waals surface area contributed by atoms with E-state index in [-0.39, 0.29) is 17.9 Å². The zero-order valence-corrected chi connectivity index (χ0v) is 16.3. The predicted octanol–water partition coefficient (Wildman–Crippen LogP) is 2.49. The Bertz CT molecular complexity index is 703. The van der Waals surface area contributed by atoms with Gasteiger partial charge in [0.1, 0.15) is 0 Å². The molecule has 2 heterocycles. The Morgan fingerprint density at radius 3 is 2.32 bits per heavy atom. The van der Waals surface area contributed by atoms with E-state index in [0.717, 1.165) is 37.9 Å². The first-order chi connectivity index (χ1) is 13.5. The maximum absolute atomic E-state index is 12.9. The third-order valence-corrected chi connectivity index (χ3v) is 5.79. The molecular formula is C21H29N3O4. The van der Waals surface area contributed by atoms with Crippen LogP contribution < -0.4 is 5.32 Å². The fraction of sp³-hybridized carbons (Fsp3) is 0.571. The molecule has 2 aliphatic rings. The number of piperidine rings is 1. The van der Waals surface area contributed by atoms with E-state index in [1.54, 1.807) is 11.8 Å². The summed E-state index contributed by atoms with van der Waals surface area (Å²) in [4.78, 5) is 40.8. The van der Waals surface area contributed by atoms with Gasteiger partial charge >= 0.3 is 12.0 Å². The molecular weight excluding hydrogens is 358 g/mol. The Morgan fingerprint density at radius 2 is 1.68 bits per heavy atom. The van der Waals surface area contributed by atoms with Crippen LogP contribution >= 0.6 is 0 Å². The number of nitrogens with zero attached hydrogens (tertiary/aromatic N) is 2. The SMILES string of the molecule is CC(C(=O)O)C(NC(=O)C1CCCN(C(=O)N2CCCC2)C1)c1ccccc1. The quantitative estimate of drug-likeness (QED) is 0.812. The number of aliphatic carboxylic acids is 1. The minimum atomic E-state index is -0.955. The number of likely N-dealkylation sites (tertiary alicyclic amines) is 2. The molecule has 0 aliphatic carbocycles. The molecule has 152 valence electrons. The standard InChI is InChI=1S/C21H29N3O4/c1-15(20(26)27)18(16-8-3-2-4-9-16)22-19(25)17-10-7-13-24(14-17)21(28)23-11-5-6-12-23/h2-4,8-9,15,17-18H,5-7,10-14H2,1H3,(H,22,25)(H,26,27). The first-order valence-electron chi connectivity index (χ1n) is 10.1. The summed E-state index contributed by atoms with van der Waals surface area (Å²) in [5, 5.41) is 12.4. The average molecular weight is 387 g/mol. The molecule has 3 rings (SSSR count). The van der Waals surface area contributed by atoms with Crippen molar-refractivity contribution in [3.8, 4) is 0 Å². The number of benzene rings is 1. The van der Waals surface area contributed by atoms with Crippen LogP contribution in [0, 0.1) is 11.8 Å². The third kappa shape index (κ3) is 4.64. The number of urea groups is 1. The minimum Gasteiger partial charge on any atom is -0.481 e. The van der Waals surface area contributed by atoms with Crippen molar-refractivity contribution < 1.29 is 19.5 Å². The molecule has 2 aliphatic heterocycles. The van der Waals surface area contributed by atoms with Gasteiger partial charge in [0.25, 0.3) is 0 Å². The maximum Gasteiger partial charge on any atom is 0.320 e. The Labute approximate surface area is 165 Å². The number of rotatable bonds is 5. The molecule has 0 spiro atoms. The van der Waals surface area contributed by atoms with E-state index < -0.39 is 17.9 Å². The van der Waals surface area contributed by atoms with Gasteiger partial charge in [-0.15, -0.1) is 0 Å². The molecule has 1 aromatic rings. The van der Waals surface area contributed by atoms with Crippen molar-refractivity contribution >= 4 is 17.9 Å². The largest absolute Gasteiger partial charge is 0.481 e. The van der Waals surface area contributed by atoms with E-state index in [4.69, 9.17) is 0 Å². The smallest absolute Gasteiger partial charge is 0.320 e. The summed E-state index contributed by atoms with van der Waals surface area (Å²) in [5.41, 5.74) is 0.770. The van der Waals surface area contributed by atoms with E-state index in [9.17, 15) is 19.5 Å². The van der Waals surface area contributed by atoms with E-state index in [1.165, 1.54) is 0 Å². The molecule has 3 unspecified atom stereocenters. The van der Waals surface area contributed by atoms with Crippen LogP contribution in [-0.2, 0) is 9.59 Å². The van der Waals surface area contributed by atoms with Crippen molar-refractivity contribution in [3.05, 3.63) is 35.9 Å². The van der Waals surface area contributed by atoms with Gasteiger partial charge in [0.15, 0.2) is 0 Å². The predicted molar refractivity (Wildman–Crippen MR) is 105 cm³/mol. The van der Waals surface area contributed by atoms with Gasteiger partial charge in [-0.2, -0.15) is 0 Å². The molecule has 7 heteroatoms. The van der Waals surface area contributed by atoms with Crippen molar-refractivity contribution in [1.29, 1.82) is 0 Å². The van der Waals surface area contributed by atoms with Crippen molar-refractivity contribution in [1.82, 2.24) is 15.1 Å². The number of carbonyl (C=O) groups is 3. The molecule has 0 saturated carbocycles. The Kier molecular flexibility index (Phi) is 6.54. The summed E-state index contributed by atoms with van der Waals surface area (Å²) in [7, 11) is 0. The lowest BCUT2D eigenvalue weighted by Crippen LogP contribution is -2.50. The fourth-order valence-corrected chi connectivity index (χ4v) is 4.04. The van der Waals surface area contributed by atoms with Crippen LogP contribution in [0.1, 0.15) is 44.2 Å². The van der Waals surface area contributed by atoms with Crippen LogP contribution in [0.2, 0.25) is 0 Å². The summed E-state index contributed by atoms with van der Waals surface area (Å²) < 4.78 is 0. The van der Waals surface area contributed by atoms with Gasteiger partial charge in [-0.3, -0.25) is 9.59 Å². The van der Waals surface area contributed by atoms with Gasteiger partial charge in [0.2, 0.25) is 5.91 Å². The molecule has 2 N–H and O–H groups in total. The number of hydrogen-bond donors (Lipinski definition) is 2. The molecule has 28 heavy (non-hydrogen) atoms. The van der Waals surface area contributed by atoms with Crippen LogP contribution in [0.15, 0.2) is 30.3 Å². The van der Waals surface area contributed by atoms with Gasteiger partial charge in [-0.1, -0.05) is 30.3 Å². The van der Waals surface area contributed by atoms with E-state index in [1.807, 2.05) is 35.2 Å². The molecule has 0 aromatic heterocycles. The molecule has 2 saturated heterocycles. The first kappa shape index (κ1) is 20.2. The van der Waals surface area contributed by atoms with Crippen LogP contribution in [0.4, 0.5) is 4.79 Å². The van der Waals surface area contributed by atoms with E-state index >= 15 is 0 Å². The molecule has 0 radical (unpaired) electrons. The summed E-state index contributed by atoms with van der Waals surface area (Å²) in [6.45, 7) is 4.25. The molecule has 2 fully saturated rings. The van der Waals surface area contributed by atoms with Crippen LogP contribution in [0.3, 0.4) is 0 Å². The lowest BCUT2D eigenvalue weighted by Gasteiger charge is -2.35. The van der Waals surface area contributed by atoms with Crippen LogP contribution in [0.25, 0.3) is 0 Å². The van der Waals surface area contributed by atoms with Crippen molar-refractivity contribution in [2.45, 2.75) is 38.6 Å². The second-order valence-electron chi connectivity index (χ2n) is 7.79. The average Bonchev–Trinajstić information content (AvgIpc) is 3.26. The second kappa shape index (κ2) is 9.08. The maximum atomic E-state index is 12.9. The minimum absolute atomic E-state index is 0.0218. The number of nitrogens with one attached hydrogen (secondary N) is 1. The van der Waals surface area contributed by atoms with Crippen molar-refractivity contribution in [2.24, 2.45) is 11.8 Å². The van der Waals surface area contributed by atoms with E-state index in [0.29, 0.717) is 19.5 Å². The number of hydrogen-bond acceptors (Lipinski definition) is 3. The Balaban J connectivity index is 1.67. The molecule has 7 nitrogen and oxygen atoms in total. The first-order valence-corrected chi connectivity index (χ1v) is 10.1. The fourth-order valence-electron chi connectivity index (χ4n) is 4.04. The lowest BCUT2D eigenvalue weighted by molar-refractivity contribution is -0.142. The van der Waals surface area contributed by atoms with Crippen LogP contribution in [0.5, 0.6) is 0 Å². The number of amides is 3. The monoisotopic (exact) mass is 387 g/mol. The molecule has 1 aromatic carbocycles. The third-order valence-electron chi connectivity index (χ3n) is 5.79.